The van der Waals surface area contributed by atoms with Crippen molar-refractivity contribution in [1.29, 1.82) is 0 Å². The van der Waals surface area contributed by atoms with Gasteiger partial charge in [0.25, 0.3) is 5.91 Å². The number of carbonyl (C=O) groups is 1. The summed E-state index contributed by atoms with van der Waals surface area (Å²) in [6.45, 7) is 5.14. The number of fused-ring (bicyclic) bond motifs is 2. The number of methoxy groups -OCH3 is 3. The molecule has 0 aliphatic rings. The van der Waals surface area contributed by atoms with Crippen molar-refractivity contribution in [2.24, 2.45) is 5.92 Å². The number of nitrogens with zero attached hydrogens (tertiary/aromatic N) is 3. The zero-order chi connectivity index (χ0) is 33.8. The van der Waals surface area contributed by atoms with Gasteiger partial charge >= 0.3 is 0 Å². The molecule has 6 aromatic rings. The van der Waals surface area contributed by atoms with Gasteiger partial charge in [-0.3, -0.25) is 4.79 Å². The highest BCUT2D eigenvalue weighted by Gasteiger charge is 2.26. The van der Waals surface area contributed by atoms with E-state index < -0.39 is 0 Å². The van der Waals surface area contributed by atoms with E-state index in [1.807, 2.05) is 35.4 Å². The predicted octanol–water partition coefficient (Wildman–Crippen LogP) is 9.11. The van der Waals surface area contributed by atoms with Gasteiger partial charge in [-0.1, -0.05) is 74.0 Å². The van der Waals surface area contributed by atoms with Gasteiger partial charge in [0.15, 0.2) is 11.5 Å². The average molecular weight is 662 g/mol. The van der Waals surface area contributed by atoms with Crippen LogP contribution in [0.15, 0.2) is 97.2 Å². The lowest BCUT2D eigenvalue weighted by atomic mass is 9.97. The number of pyridine rings is 1. The van der Waals surface area contributed by atoms with E-state index in [4.69, 9.17) is 30.8 Å². The van der Waals surface area contributed by atoms with E-state index in [1.54, 1.807) is 26.4 Å². The molecule has 0 saturated heterocycles. The first kappa shape index (κ1) is 32.9. The summed E-state index contributed by atoms with van der Waals surface area (Å²) in [5.74, 6) is 1.79. The molecule has 0 radical (unpaired) electrons. The molecule has 0 fully saturated rings. The summed E-state index contributed by atoms with van der Waals surface area (Å²) in [5.41, 5.74) is 6.23. The molecule has 0 atom stereocenters. The van der Waals surface area contributed by atoms with Gasteiger partial charge in [0.05, 0.1) is 49.8 Å². The quantitative estimate of drug-likeness (QED) is 0.131. The third-order valence-corrected chi connectivity index (χ3v) is 9.13. The van der Waals surface area contributed by atoms with Crippen molar-refractivity contribution < 1.29 is 19.0 Å². The van der Waals surface area contributed by atoms with Crippen LogP contribution in [0, 0.1) is 5.92 Å². The van der Waals surface area contributed by atoms with E-state index in [1.165, 1.54) is 17.9 Å². The van der Waals surface area contributed by atoms with Gasteiger partial charge in [0, 0.05) is 24.7 Å². The number of imidazole rings is 1. The topological polar surface area (TPSA) is 65.3 Å². The Bertz CT molecular complexity index is 2090. The fraction of sp³-hybridized carbons (Fsp3) is 0.250. The Hall–Kier alpha value is -5.01. The first-order valence-electron chi connectivity index (χ1n) is 16.1. The van der Waals surface area contributed by atoms with Crippen LogP contribution in [-0.4, -0.2) is 48.1 Å². The minimum Gasteiger partial charge on any atom is -0.496 e. The van der Waals surface area contributed by atoms with Crippen LogP contribution in [0.1, 0.15) is 47.6 Å². The van der Waals surface area contributed by atoms with Gasteiger partial charge in [0.1, 0.15) is 11.4 Å². The van der Waals surface area contributed by atoms with Crippen LogP contribution in [0.25, 0.3) is 27.5 Å². The Balaban J connectivity index is 1.40. The minimum absolute atomic E-state index is 0.194. The van der Waals surface area contributed by atoms with Gasteiger partial charge in [-0.25, -0.2) is 4.98 Å². The summed E-state index contributed by atoms with van der Waals surface area (Å²) in [5, 5.41) is 2.62. The maximum Gasteiger partial charge on any atom is 0.255 e. The summed E-state index contributed by atoms with van der Waals surface area (Å²) >= 11 is 6.75. The molecule has 0 N–H and O–H groups in total. The fourth-order valence-electron chi connectivity index (χ4n) is 6.13. The SMILES string of the molecule is COc1ccc(-c2ccc3ccccc3c2)cc1Cc1c(CN(CCC(C)C)C(=O)c2ccc(OC)c(OC)c2Cl)nc2ccccn12. The van der Waals surface area contributed by atoms with Crippen molar-refractivity contribution in [3.63, 3.8) is 0 Å². The molecule has 2 aromatic heterocycles. The van der Waals surface area contributed by atoms with E-state index in [2.05, 4.69) is 72.8 Å². The van der Waals surface area contributed by atoms with Gasteiger partial charge in [-0.15, -0.1) is 0 Å². The van der Waals surface area contributed by atoms with Gasteiger partial charge in [0.2, 0.25) is 0 Å². The van der Waals surface area contributed by atoms with E-state index >= 15 is 0 Å². The molecule has 0 bridgehead atoms. The molecule has 0 spiro atoms. The molecule has 0 aliphatic carbocycles. The van der Waals surface area contributed by atoms with Crippen LogP contribution in [0.2, 0.25) is 5.02 Å². The van der Waals surface area contributed by atoms with Crippen LogP contribution in [0.4, 0.5) is 0 Å². The van der Waals surface area contributed by atoms with Crippen molar-refractivity contribution in [2.45, 2.75) is 33.2 Å². The Morgan fingerprint density at radius 2 is 1.54 bits per heavy atom. The van der Waals surface area contributed by atoms with Gasteiger partial charge in [-0.05, 0) is 76.7 Å². The number of aromatic nitrogens is 2. The number of carbonyl (C=O) groups excluding carboxylic acids is 1. The number of rotatable bonds is 12. The summed E-state index contributed by atoms with van der Waals surface area (Å²) in [7, 11) is 4.76. The van der Waals surface area contributed by atoms with E-state index in [0.29, 0.717) is 42.5 Å². The predicted molar refractivity (Wildman–Crippen MR) is 193 cm³/mol. The molecule has 0 aliphatic heterocycles. The van der Waals surface area contributed by atoms with Crippen LogP contribution in [-0.2, 0) is 13.0 Å². The highest BCUT2D eigenvalue weighted by molar-refractivity contribution is 6.35. The van der Waals surface area contributed by atoms with Crippen LogP contribution in [0.5, 0.6) is 17.2 Å². The highest BCUT2D eigenvalue weighted by atomic mass is 35.5. The lowest BCUT2D eigenvalue weighted by Crippen LogP contribution is -2.33. The molecule has 1 amide bonds. The molecule has 8 heteroatoms. The van der Waals surface area contributed by atoms with Gasteiger partial charge in [-0.2, -0.15) is 0 Å². The number of amides is 1. The second kappa shape index (κ2) is 14.4. The molecule has 2 heterocycles. The first-order chi connectivity index (χ1) is 23.3. The Morgan fingerprint density at radius 3 is 2.29 bits per heavy atom. The monoisotopic (exact) mass is 661 g/mol. The maximum atomic E-state index is 14.2. The Labute approximate surface area is 286 Å². The molecule has 7 nitrogen and oxygen atoms in total. The second-order valence-electron chi connectivity index (χ2n) is 12.3. The average Bonchev–Trinajstić information content (AvgIpc) is 3.45. The molecule has 246 valence electrons. The maximum absolute atomic E-state index is 14.2. The molecule has 6 rings (SSSR count). The van der Waals surface area contributed by atoms with Crippen LogP contribution < -0.4 is 14.2 Å². The summed E-state index contributed by atoms with van der Waals surface area (Å²) in [4.78, 5) is 21.1. The largest absolute Gasteiger partial charge is 0.496 e. The second-order valence-corrected chi connectivity index (χ2v) is 12.6. The molecular formula is C40H40ClN3O4. The van der Waals surface area contributed by atoms with Crippen molar-refractivity contribution >= 4 is 33.9 Å². The summed E-state index contributed by atoms with van der Waals surface area (Å²) in [6.07, 6.45) is 3.39. The number of benzene rings is 4. The smallest absolute Gasteiger partial charge is 0.255 e. The normalized spacial score (nSPS) is 11.3. The first-order valence-corrected chi connectivity index (χ1v) is 16.5. The zero-order valence-electron chi connectivity index (χ0n) is 28.0. The third kappa shape index (κ3) is 6.69. The lowest BCUT2D eigenvalue weighted by molar-refractivity contribution is 0.0733. The van der Waals surface area contributed by atoms with Crippen molar-refractivity contribution in [3.8, 4) is 28.4 Å². The van der Waals surface area contributed by atoms with Crippen LogP contribution >= 0.6 is 11.6 Å². The summed E-state index contributed by atoms with van der Waals surface area (Å²) < 4.78 is 18.9. The number of halogens is 1. The van der Waals surface area contributed by atoms with Crippen LogP contribution in [0.3, 0.4) is 0 Å². The van der Waals surface area contributed by atoms with Crippen molar-refractivity contribution in [1.82, 2.24) is 14.3 Å². The molecule has 48 heavy (non-hydrogen) atoms. The third-order valence-electron chi connectivity index (χ3n) is 8.75. The van der Waals surface area contributed by atoms with Crippen molar-refractivity contribution in [3.05, 3.63) is 125 Å². The molecule has 0 unspecified atom stereocenters. The van der Waals surface area contributed by atoms with E-state index in [9.17, 15) is 4.79 Å². The molecule has 0 saturated carbocycles. The number of hydrogen-bond acceptors (Lipinski definition) is 5. The Morgan fingerprint density at radius 1 is 0.833 bits per heavy atom. The summed E-state index contributed by atoms with van der Waals surface area (Å²) in [6, 6.07) is 30.6. The van der Waals surface area contributed by atoms with Crippen molar-refractivity contribution in [2.75, 3.05) is 27.9 Å². The lowest BCUT2D eigenvalue weighted by Gasteiger charge is -2.25. The minimum atomic E-state index is -0.194. The molecular weight excluding hydrogens is 622 g/mol. The number of ether oxygens (including phenoxy) is 3. The van der Waals surface area contributed by atoms with E-state index in [-0.39, 0.29) is 10.9 Å². The molecule has 4 aromatic carbocycles. The zero-order valence-corrected chi connectivity index (χ0v) is 28.8. The van der Waals surface area contributed by atoms with Gasteiger partial charge < -0.3 is 23.5 Å². The van der Waals surface area contributed by atoms with E-state index in [0.717, 1.165) is 45.9 Å². The Kier molecular flexibility index (Phi) is 9.88. The standard InChI is InChI=1S/C40H40ClN3O4/c1-26(2)19-21-43(40(45)32-16-18-36(47-4)39(48-5)38(32)41)25-33-34(44-20-9-8-12-37(44)42-33)24-31-23-30(15-17-35(31)46-3)29-14-13-27-10-6-7-11-28(27)22-29/h6-18,20,22-23,26H,19,21,24-25H2,1-5H3. The highest BCUT2D eigenvalue weighted by Crippen LogP contribution is 2.38. The fourth-order valence-corrected chi connectivity index (χ4v) is 6.44. The number of hydrogen-bond donors (Lipinski definition) is 0.